The Morgan fingerprint density at radius 2 is 1.38 bits per heavy atom. The number of nitrogen functional groups attached to an aromatic ring is 1. The Labute approximate surface area is 141 Å². The molecule has 120 valence electrons. The Bertz CT molecular complexity index is 789. The highest BCUT2D eigenvalue weighted by molar-refractivity contribution is 5.74. The Hall–Kier alpha value is -3.07. The van der Waals surface area contributed by atoms with Gasteiger partial charge in [0.05, 0.1) is 6.42 Å². The van der Waals surface area contributed by atoms with Crippen LogP contribution in [0.15, 0.2) is 78.9 Å². The molecule has 0 amide bonds. The number of carboxylic acids is 1. The molecule has 0 radical (unpaired) electrons. The van der Waals surface area contributed by atoms with Gasteiger partial charge in [-0.25, -0.2) is 0 Å². The number of aliphatic carboxylic acids is 1. The Morgan fingerprint density at radius 1 is 0.833 bits per heavy atom. The van der Waals surface area contributed by atoms with Gasteiger partial charge < -0.3 is 10.8 Å². The third-order valence-corrected chi connectivity index (χ3v) is 4.15. The molecule has 0 unspecified atom stereocenters. The monoisotopic (exact) mass is 317 g/mol. The van der Waals surface area contributed by atoms with Gasteiger partial charge in [-0.2, -0.15) is 0 Å². The summed E-state index contributed by atoms with van der Waals surface area (Å²) in [6, 6.07) is 25.9. The maximum absolute atomic E-state index is 11.1. The second kappa shape index (κ2) is 7.01. The second-order valence-electron chi connectivity index (χ2n) is 5.74. The molecule has 0 aromatic heterocycles. The summed E-state index contributed by atoms with van der Waals surface area (Å²) in [5.41, 5.74) is 10.7. The third kappa shape index (κ3) is 3.30. The van der Waals surface area contributed by atoms with E-state index in [1.165, 1.54) is 0 Å². The summed E-state index contributed by atoms with van der Waals surface area (Å²) in [6.45, 7) is 0. The Balaban J connectivity index is 2.15. The summed E-state index contributed by atoms with van der Waals surface area (Å²) in [6.07, 6.45) is -0.0734. The van der Waals surface area contributed by atoms with Crippen LogP contribution in [0.5, 0.6) is 0 Å². The first-order chi connectivity index (χ1) is 11.7. The lowest BCUT2D eigenvalue weighted by Gasteiger charge is -2.22. The zero-order valence-electron chi connectivity index (χ0n) is 13.2. The van der Waals surface area contributed by atoms with E-state index < -0.39 is 5.97 Å². The first-order valence-electron chi connectivity index (χ1n) is 7.85. The summed E-state index contributed by atoms with van der Waals surface area (Å²) in [4.78, 5) is 11.1. The van der Waals surface area contributed by atoms with Crippen LogP contribution in [0.2, 0.25) is 0 Å². The van der Waals surface area contributed by atoms with Crippen molar-refractivity contribution in [3.05, 3.63) is 101 Å². The molecule has 0 heterocycles. The number of carboxylic acid groups (broad SMARTS) is 1. The van der Waals surface area contributed by atoms with Crippen molar-refractivity contribution < 1.29 is 9.90 Å². The Kier molecular flexibility index (Phi) is 4.62. The van der Waals surface area contributed by atoms with E-state index in [1.54, 1.807) is 6.07 Å². The van der Waals surface area contributed by atoms with Gasteiger partial charge in [-0.05, 0) is 22.3 Å². The quantitative estimate of drug-likeness (QED) is 0.550. The number of anilines is 1. The average molecular weight is 317 g/mol. The summed E-state index contributed by atoms with van der Waals surface area (Å²) in [7, 11) is 0. The molecule has 3 nitrogen and oxygen atoms in total. The van der Waals surface area contributed by atoms with Gasteiger partial charge in [-0.15, -0.1) is 0 Å². The molecule has 0 bridgehead atoms. The molecule has 0 saturated heterocycles. The fourth-order valence-electron chi connectivity index (χ4n) is 3.04. The number of rotatable bonds is 5. The average Bonchev–Trinajstić information content (AvgIpc) is 2.60. The summed E-state index contributed by atoms with van der Waals surface area (Å²) < 4.78 is 0. The fraction of sp³-hybridized carbons (Fsp3) is 0.0952. The van der Waals surface area contributed by atoms with Crippen molar-refractivity contribution in [2.75, 3.05) is 5.73 Å². The SMILES string of the molecule is Nc1c(CC(=O)O)cccc1C(c1ccccc1)c1ccccc1. The van der Waals surface area contributed by atoms with Gasteiger partial charge in [0.2, 0.25) is 0 Å². The van der Waals surface area contributed by atoms with Crippen LogP contribution in [0.1, 0.15) is 28.2 Å². The van der Waals surface area contributed by atoms with E-state index in [0.717, 1.165) is 16.7 Å². The smallest absolute Gasteiger partial charge is 0.307 e. The molecule has 3 N–H and O–H groups in total. The van der Waals surface area contributed by atoms with Crippen molar-refractivity contribution in [1.29, 1.82) is 0 Å². The third-order valence-electron chi connectivity index (χ3n) is 4.15. The summed E-state index contributed by atoms with van der Waals surface area (Å²) in [5.74, 6) is -0.907. The van der Waals surface area contributed by atoms with Crippen molar-refractivity contribution in [2.45, 2.75) is 12.3 Å². The summed E-state index contributed by atoms with van der Waals surface area (Å²) in [5, 5.41) is 9.10. The van der Waals surface area contributed by atoms with E-state index in [1.807, 2.05) is 48.5 Å². The zero-order valence-corrected chi connectivity index (χ0v) is 13.2. The lowest BCUT2D eigenvalue weighted by Crippen LogP contribution is -2.10. The lowest BCUT2D eigenvalue weighted by atomic mass is 9.83. The molecule has 0 aliphatic carbocycles. The number of hydrogen-bond donors (Lipinski definition) is 2. The van der Waals surface area contributed by atoms with Crippen molar-refractivity contribution in [2.24, 2.45) is 0 Å². The number of para-hydroxylation sites is 1. The number of hydrogen-bond acceptors (Lipinski definition) is 2. The molecule has 0 saturated carbocycles. The van der Waals surface area contributed by atoms with Crippen molar-refractivity contribution in [1.82, 2.24) is 0 Å². The molecule has 0 atom stereocenters. The molecule has 3 aromatic carbocycles. The van der Waals surface area contributed by atoms with Gasteiger partial charge in [0, 0.05) is 11.6 Å². The molecule has 0 aliphatic rings. The molecule has 24 heavy (non-hydrogen) atoms. The molecule has 3 rings (SSSR count). The van der Waals surface area contributed by atoms with Crippen LogP contribution >= 0.6 is 0 Å². The van der Waals surface area contributed by atoms with Gasteiger partial charge in [0.15, 0.2) is 0 Å². The van der Waals surface area contributed by atoms with Crippen molar-refractivity contribution in [3.63, 3.8) is 0 Å². The van der Waals surface area contributed by atoms with E-state index in [4.69, 9.17) is 10.8 Å². The largest absolute Gasteiger partial charge is 0.481 e. The number of benzene rings is 3. The molecule has 3 aromatic rings. The fourth-order valence-corrected chi connectivity index (χ4v) is 3.04. The van der Waals surface area contributed by atoms with Crippen LogP contribution in [-0.2, 0) is 11.2 Å². The highest BCUT2D eigenvalue weighted by atomic mass is 16.4. The van der Waals surface area contributed by atoms with Gasteiger partial charge in [-0.3, -0.25) is 4.79 Å². The van der Waals surface area contributed by atoms with E-state index >= 15 is 0 Å². The normalized spacial score (nSPS) is 10.7. The topological polar surface area (TPSA) is 63.3 Å². The van der Waals surface area contributed by atoms with E-state index in [2.05, 4.69) is 24.3 Å². The minimum Gasteiger partial charge on any atom is -0.481 e. The highest BCUT2D eigenvalue weighted by Gasteiger charge is 2.20. The molecular formula is C21H19NO2. The van der Waals surface area contributed by atoms with Crippen LogP contribution in [0.4, 0.5) is 5.69 Å². The highest BCUT2D eigenvalue weighted by Crippen LogP contribution is 2.36. The first kappa shape index (κ1) is 15.8. The van der Waals surface area contributed by atoms with E-state index in [0.29, 0.717) is 11.3 Å². The minimum absolute atomic E-state index is 0.0267. The van der Waals surface area contributed by atoms with E-state index in [-0.39, 0.29) is 12.3 Å². The van der Waals surface area contributed by atoms with Crippen LogP contribution in [0.3, 0.4) is 0 Å². The molecule has 0 fully saturated rings. The first-order valence-corrected chi connectivity index (χ1v) is 7.85. The Morgan fingerprint density at radius 3 is 1.88 bits per heavy atom. The predicted molar refractivity (Wildman–Crippen MR) is 96.0 cm³/mol. The van der Waals surface area contributed by atoms with Crippen molar-refractivity contribution in [3.8, 4) is 0 Å². The van der Waals surface area contributed by atoms with E-state index in [9.17, 15) is 4.79 Å². The minimum atomic E-state index is -0.880. The van der Waals surface area contributed by atoms with Crippen molar-refractivity contribution >= 4 is 11.7 Å². The number of nitrogens with two attached hydrogens (primary N) is 1. The maximum atomic E-state index is 11.1. The molecule has 3 heteroatoms. The van der Waals surface area contributed by atoms with Gasteiger partial charge in [-0.1, -0.05) is 78.9 Å². The molecule has 0 aliphatic heterocycles. The number of carbonyl (C=O) groups is 1. The summed E-state index contributed by atoms with van der Waals surface area (Å²) >= 11 is 0. The predicted octanol–water partition coefficient (Wildman–Crippen LogP) is 4.08. The zero-order chi connectivity index (χ0) is 16.9. The van der Waals surface area contributed by atoms with Gasteiger partial charge in [0.1, 0.15) is 0 Å². The molecule has 0 spiro atoms. The van der Waals surface area contributed by atoms with Crippen LogP contribution < -0.4 is 5.73 Å². The lowest BCUT2D eigenvalue weighted by molar-refractivity contribution is -0.136. The standard InChI is InChI=1S/C21H19NO2/c22-21-17(14-19(23)24)12-7-13-18(21)20(15-8-3-1-4-9-15)16-10-5-2-6-11-16/h1-13,20H,14,22H2,(H,23,24). The second-order valence-corrected chi connectivity index (χ2v) is 5.74. The maximum Gasteiger partial charge on any atom is 0.307 e. The molecular weight excluding hydrogens is 298 g/mol. The van der Waals surface area contributed by atoms with Gasteiger partial charge in [0.25, 0.3) is 0 Å². The van der Waals surface area contributed by atoms with Crippen LogP contribution in [-0.4, -0.2) is 11.1 Å². The van der Waals surface area contributed by atoms with Gasteiger partial charge >= 0.3 is 5.97 Å². The van der Waals surface area contributed by atoms with Crippen LogP contribution in [0.25, 0.3) is 0 Å². The van der Waals surface area contributed by atoms with Crippen LogP contribution in [0, 0.1) is 0 Å².